The molecule has 1 aliphatic heterocycles. The van der Waals surface area contributed by atoms with E-state index in [1.54, 1.807) is 0 Å². The lowest BCUT2D eigenvalue weighted by Crippen LogP contribution is -2.23. The summed E-state index contributed by atoms with van der Waals surface area (Å²) in [7, 11) is -3.33. The number of halogens is 2. The van der Waals surface area contributed by atoms with Gasteiger partial charge in [-0.05, 0) is 55.3 Å². The third kappa shape index (κ3) is 4.30. The Labute approximate surface area is 158 Å². The second-order valence-corrected chi connectivity index (χ2v) is 9.58. The van der Waals surface area contributed by atoms with E-state index in [0.29, 0.717) is 6.61 Å². The highest BCUT2D eigenvalue weighted by Crippen LogP contribution is 2.63. The van der Waals surface area contributed by atoms with Crippen LogP contribution in [0.5, 0.6) is 0 Å². The molecule has 0 aromatic heterocycles. The summed E-state index contributed by atoms with van der Waals surface area (Å²) in [6, 6.07) is 15.4. The minimum atomic E-state index is -3.33. The maximum atomic E-state index is 13.4. The molecule has 3 rings (SSSR count). The van der Waals surface area contributed by atoms with Gasteiger partial charge in [-0.1, -0.05) is 44.0 Å². The van der Waals surface area contributed by atoms with Gasteiger partial charge in [0.05, 0.1) is 12.7 Å². The molecule has 1 saturated heterocycles. The molecule has 0 radical (unpaired) electrons. The molecule has 2 aromatic carbocycles. The van der Waals surface area contributed by atoms with Crippen molar-refractivity contribution in [2.24, 2.45) is 0 Å². The average Bonchev–Trinajstić information content (AvgIpc) is 2.55. The largest absolute Gasteiger partial charge is 0.368 e. The summed E-state index contributed by atoms with van der Waals surface area (Å²) in [6.45, 7) is 2.36. The number of anilines is 1. The molecular formula is C17H18Br2NO3P. The highest BCUT2D eigenvalue weighted by molar-refractivity contribution is 9.10. The molecule has 7 heteroatoms. The van der Waals surface area contributed by atoms with E-state index in [-0.39, 0.29) is 6.10 Å². The lowest BCUT2D eigenvalue weighted by molar-refractivity contribution is 0.0887. The predicted molar refractivity (Wildman–Crippen MR) is 103 cm³/mol. The van der Waals surface area contributed by atoms with E-state index in [1.807, 2.05) is 55.5 Å². The van der Waals surface area contributed by atoms with E-state index in [4.69, 9.17) is 9.05 Å². The summed E-state index contributed by atoms with van der Waals surface area (Å²) < 4.78 is 26.7. The van der Waals surface area contributed by atoms with Crippen molar-refractivity contribution in [2.45, 2.75) is 25.2 Å². The Morgan fingerprint density at radius 1 is 1.08 bits per heavy atom. The van der Waals surface area contributed by atoms with Gasteiger partial charge in [0.25, 0.3) is 0 Å². The first kappa shape index (κ1) is 18.2. The Hall–Kier alpha value is -0.650. The predicted octanol–water partition coefficient (Wildman–Crippen LogP) is 6.34. The molecule has 1 fully saturated rings. The summed E-state index contributed by atoms with van der Waals surface area (Å²) in [5.74, 6) is -0.561. The molecule has 0 bridgehead atoms. The minimum absolute atomic E-state index is 0.0887. The van der Waals surface area contributed by atoms with E-state index >= 15 is 0 Å². The van der Waals surface area contributed by atoms with Gasteiger partial charge in [-0.3, -0.25) is 4.57 Å². The van der Waals surface area contributed by atoms with Crippen molar-refractivity contribution in [3.05, 3.63) is 63.0 Å². The lowest BCUT2D eigenvalue weighted by Gasteiger charge is -2.34. The van der Waals surface area contributed by atoms with Gasteiger partial charge in [0.1, 0.15) is 0 Å². The number of rotatable bonds is 4. The third-order valence-corrected chi connectivity index (χ3v) is 7.09. The van der Waals surface area contributed by atoms with E-state index in [9.17, 15) is 4.57 Å². The molecule has 4 nitrogen and oxygen atoms in total. The molecule has 2 aromatic rings. The average molecular weight is 475 g/mol. The van der Waals surface area contributed by atoms with Gasteiger partial charge in [0.15, 0.2) is 5.78 Å². The highest BCUT2D eigenvalue weighted by atomic mass is 79.9. The van der Waals surface area contributed by atoms with Crippen molar-refractivity contribution in [1.82, 2.24) is 0 Å². The third-order valence-electron chi connectivity index (χ3n) is 3.77. The maximum Gasteiger partial charge on any atom is 0.357 e. The maximum absolute atomic E-state index is 13.4. The zero-order valence-corrected chi connectivity index (χ0v) is 17.2. The van der Waals surface area contributed by atoms with Crippen LogP contribution in [0.3, 0.4) is 0 Å². The van der Waals surface area contributed by atoms with Crippen LogP contribution in [0.1, 0.15) is 24.7 Å². The van der Waals surface area contributed by atoms with Crippen LogP contribution < -0.4 is 5.32 Å². The topological polar surface area (TPSA) is 47.6 Å². The van der Waals surface area contributed by atoms with Crippen molar-refractivity contribution in [3.63, 3.8) is 0 Å². The SMILES string of the molecule is C[C@@H]1CCO[P@@](=O)([C@H](Nc2ccc(Br)cc2)c2ccc(Br)cc2)O1. The van der Waals surface area contributed by atoms with Crippen molar-refractivity contribution in [1.29, 1.82) is 0 Å². The van der Waals surface area contributed by atoms with Crippen LogP contribution in [0, 0.1) is 0 Å². The second kappa shape index (κ2) is 7.71. The normalized spacial score (nSPS) is 25.2. The molecule has 0 spiro atoms. The Balaban J connectivity index is 1.95. The fourth-order valence-corrected chi connectivity index (χ4v) is 5.18. The summed E-state index contributed by atoms with van der Waals surface area (Å²) in [5, 5.41) is 3.32. The monoisotopic (exact) mass is 473 g/mol. The van der Waals surface area contributed by atoms with Gasteiger partial charge < -0.3 is 14.4 Å². The zero-order chi connectivity index (χ0) is 17.2. The molecule has 3 atom stereocenters. The molecule has 0 aliphatic carbocycles. The molecule has 0 saturated carbocycles. The number of hydrogen-bond acceptors (Lipinski definition) is 4. The van der Waals surface area contributed by atoms with Gasteiger partial charge in [-0.2, -0.15) is 0 Å². The van der Waals surface area contributed by atoms with Gasteiger partial charge >= 0.3 is 7.60 Å². The van der Waals surface area contributed by atoms with E-state index < -0.39 is 13.4 Å². The van der Waals surface area contributed by atoms with Crippen LogP contribution in [-0.2, 0) is 13.6 Å². The van der Waals surface area contributed by atoms with Gasteiger partial charge in [-0.25, -0.2) is 0 Å². The first-order valence-electron chi connectivity index (χ1n) is 7.66. The standard InChI is InChI=1S/C17H18Br2NO3P/c1-12-10-11-22-24(21,23-12)17(13-2-4-14(18)5-3-13)20-16-8-6-15(19)7-9-16/h2-9,12,17,20H,10-11H2,1H3/t12-,17+,24+/m1/s1. The number of hydrogen-bond donors (Lipinski definition) is 1. The Morgan fingerprint density at radius 3 is 2.25 bits per heavy atom. The first-order chi connectivity index (χ1) is 11.5. The molecule has 24 heavy (non-hydrogen) atoms. The summed E-state index contributed by atoms with van der Waals surface area (Å²) in [4.78, 5) is 0. The van der Waals surface area contributed by atoms with Crippen LogP contribution in [0.15, 0.2) is 57.5 Å². The summed E-state index contributed by atoms with van der Waals surface area (Å²) in [6.07, 6.45) is 0.657. The van der Waals surface area contributed by atoms with E-state index in [0.717, 1.165) is 26.6 Å². The van der Waals surface area contributed by atoms with Crippen molar-refractivity contribution in [3.8, 4) is 0 Å². The molecule has 1 heterocycles. The zero-order valence-electron chi connectivity index (χ0n) is 13.1. The molecular weight excluding hydrogens is 457 g/mol. The van der Waals surface area contributed by atoms with Crippen molar-refractivity contribution in [2.75, 3.05) is 11.9 Å². The van der Waals surface area contributed by atoms with Crippen LogP contribution in [0.25, 0.3) is 0 Å². The molecule has 1 aliphatic rings. The van der Waals surface area contributed by atoms with Crippen LogP contribution in [0.2, 0.25) is 0 Å². The van der Waals surface area contributed by atoms with Crippen molar-refractivity contribution < 1.29 is 13.6 Å². The van der Waals surface area contributed by atoms with Gasteiger partial charge in [0, 0.05) is 14.6 Å². The Kier molecular flexibility index (Phi) is 5.83. The lowest BCUT2D eigenvalue weighted by atomic mass is 10.2. The Bertz CT molecular complexity index is 737. The van der Waals surface area contributed by atoms with Crippen molar-refractivity contribution >= 4 is 45.1 Å². The second-order valence-electron chi connectivity index (χ2n) is 5.68. The van der Waals surface area contributed by atoms with Crippen LogP contribution >= 0.6 is 39.5 Å². The van der Waals surface area contributed by atoms with E-state index in [1.165, 1.54) is 0 Å². The summed E-state index contributed by atoms with van der Waals surface area (Å²) in [5.41, 5.74) is 1.71. The van der Waals surface area contributed by atoms with Crippen LogP contribution in [0.4, 0.5) is 5.69 Å². The quantitative estimate of drug-likeness (QED) is 0.525. The number of benzene rings is 2. The Morgan fingerprint density at radius 2 is 1.67 bits per heavy atom. The molecule has 128 valence electrons. The first-order valence-corrected chi connectivity index (χ1v) is 10.9. The fraction of sp³-hybridized carbons (Fsp3) is 0.294. The van der Waals surface area contributed by atoms with Gasteiger partial charge in [-0.15, -0.1) is 0 Å². The smallest absolute Gasteiger partial charge is 0.357 e. The van der Waals surface area contributed by atoms with E-state index in [2.05, 4.69) is 37.2 Å². The molecule has 1 N–H and O–H groups in total. The highest BCUT2D eigenvalue weighted by Gasteiger charge is 2.41. The molecule has 0 amide bonds. The molecule has 0 unspecified atom stereocenters. The van der Waals surface area contributed by atoms with Crippen LogP contribution in [-0.4, -0.2) is 12.7 Å². The fourth-order valence-electron chi connectivity index (χ4n) is 2.51. The summed E-state index contributed by atoms with van der Waals surface area (Å²) >= 11 is 6.85. The number of nitrogens with one attached hydrogen (secondary N) is 1. The minimum Gasteiger partial charge on any atom is -0.368 e. The van der Waals surface area contributed by atoms with Gasteiger partial charge in [0.2, 0.25) is 0 Å².